The zero-order valence-electron chi connectivity index (χ0n) is 36.2. The molecule has 0 saturated carbocycles. The predicted octanol–water partition coefficient (Wildman–Crippen LogP) is 16.2. The number of hydrogen-bond acceptors (Lipinski definition) is 0. The molecule has 308 valence electrons. The van der Waals surface area contributed by atoms with Gasteiger partial charge in [0.05, 0.1) is 16.4 Å². The van der Waals surface area contributed by atoms with Gasteiger partial charge in [-0.15, -0.1) is 0 Å². The molecule has 11 aromatic rings. The maximum absolute atomic E-state index is 2.46. The Hall–Kier alpha value is -8.00. The van der Waals surface area contributed by atoms with E-state index >= 15 is 0 Å². The number of benzene rings is 10. The zero-order chi connectivity index (χ0) is 43.2. The third kappa shape index (κ3) is 6.62. The molecule has 0 atom stereocenters. The molecule has 0 fully saturated rings. The van der Waals surface area contributed by atoms with E-state index in [1.165, 1.54) is 94.1 Å². The lowest BCUT2D eigenvalue weighted by Crippen LogP contribution is -2.28. The topological polar surface area (TPSA) is 4.93 Å². The van der Waals surface area contributed by atoms with Crippen LogP contribution < -0.4 is 0 Å². The third-order valence-corrected chi connectivity index (χ3v) is 14.0. The fourth-order valence-corrected chi connectivity index (χ4v) is 11.0. The van der Waals surface area contributed by atoms with Crippen molar-refractivity contribution in [1.82, 2.24) is 4.57 Å². The summed E-state index contributed by atoms with van der Waals surface area (Å²) in [6.45, 7) is 0. The number of rotatable bonds is 10. The van der Waals surface area contributed by atoms with Gasteiger partial charge in [0.15, 0.2) is 0 Å². The van der Waals surface area contributed by atoms with Gasteiger partial charge in [-0.2, -0.15) is 0 Å². The van der Waals surface area contributed by atoms with E-state index in [-0.39, 0.29) is 0 Å². The van der Waals surface area contributed by atoms with Crippen LogP contribution in [0.3, 0.4) is 0 Å². The zero-order valence-corrected chi connectivity index (χ0v) is 36.2. The van der Waals surface area contributed by atoms with Gasteiger partial charge in [-0.1, -0.05) is 218 Å². The molecular formula is C64H47N. The monoisotopic (exact) mass is 829 g/mol. The first-order valence-electron chi connectivity index (χ1n) is 22.9. The van der Waals surface area contributed by atoms with Crippen LogP contribution in [0.5, 0.6) is 0 Å². The van der Waals surface area contributed by atoms with Crippen molar-refractivity contribution in [2.45, 2.75) is 24.2 Å². The van der Waals surface area contributed by atoms with Gasteiger partial charge in [0.25, 0.3) is 0 Å². The Morgan fingerprint density at radius 1 is 0.354 bits per heavy atom. The number of aryl methyl sites for hydroxylation is 1. The highest BCUT2D eigenvalue weighted by atomic mass is 15.0. The summed E-state index contributed by atoms with van der Waals surface area (Å²) in [5, 5.41) is 2.50. The predicted molar refractivity (Wildman–Crippen MR) is 272 cm³/mol. The molecule has 0 spiro atoms. The molecule has 0 saturated heterocycles. The first-order valence-corrected chi connectivity index (χ1v) is 22.9. The Morgan fingerprint density at radius 2 is 0.892 bits per heavy atom. The molecule has 0 radical (unpaired) electrons. The Labute approximate surface area is 381 Å². The smallest absolute Gasteiger partial charge is 0.0713 e. The number of aromatic nitrogens is 1. The molecule has 1 aliphatic carbocycles. The second-order valence-corrected chi connectivity index (χ2v) is 17.5. The van der Waals surface area contributed by atoms with Gasteiger partial charge in [-0.05, 0) is 122 Å². The molecule has 1 aliphatic rings. The lowest BCUT2D eigenvalue weighted by atomic mass is 9.68. The minimum Gasteiger partial charge on any atom is -0.309 e. The summed E-state index contributed by atoms with van der Waals surface area (Å²) in [5.74, 6) is 0.350. The van der Waals surface area contributed by atoms with E-state index < -0.39 is 5.41 Å². The highest BCUT2D eigenvalue weighted by Gasteiger charge is 2.46. The van der Waals surface area contributed by atoms with Crippen LogP contribution in [-0.2, 0) is 11.8 Å². The molecule has 65 heavy (non-hydrogen) atoms. The summed E-state index contributed by atoms with van der Waals surface area (Å²) >= 11 is 0. The summed E-state index contributed by atoms with van der Waals surface area (Å²) in [6.07, 6.45) is 2.05. The lowest BCUT2D eigenvalue weighted by molar-refractivity contribution is 0.715. The second kappa shape index (κ2) is 16.3. The van der Waals surface area contributed by atoms with Gasteiger partial charge in [-0.25, -0.2) is 0 Å². The van der Waals surface area contributed by atoms with Crippen LogP contribution in [0.4, 0.5) is 0 Å². The maximum atomic E-state index is 2.46. The SMILES string of the molecule is c1ccc(C(CCc2cccc(-c3cccc(-c4ccc5c(c4)c4ccccc4n5-c4ccc5c(c4)-c4ccccc4C5(c4ccccc4)c4ccccc4)c3)c2)c2ccccc2)cc1. The third-order valence-electron chi connectivity index (χ3n) is 14.0. The maximum Gasteiger partial charge on any atom is 0.0713 e. The van der Waals surface area contributed by atoms with Gasteiger partial charge < -0.3 is 4.57 Å². The minimum atomic E-state index is -0.424. The number of nitrogens with zero attached hydrogens (tertiary/aromatic N) is 1. The van der Waals surface area contributed by atoms with Gasteiger partial charge >= 0.3 is 0 Å². The normalized spacial score (nSPS) is 12.7. The lowest BCUT2D eigenvalue weighted by Gasteiger charge is -2.33. The molecule has 1 nitrogen and oxygen atoms in total. The van der Waals surface area contributed by atoms with Gasteiger partial charge in [0.2, 0.25) is 0 Å². The molecule has 12 rings (SSSR count). The van der Waals surface area contributed by atoms with Crippen molar-refractivity contribution in [3.8, 4) is 39.1 Å². The molecule has 10 aromatic carbocycles. The summed E-state index contributed by atoms with van der Waals surface area (Å²) < 4.78 is 2.46. The van der Waals surface area contributed by atoms with Crippen molar-refractivity contribution in [2.75, 3.05) is 0 Å². The largest absolute Gasteiger partial charge is 0.309 e. The van der Waals surface area contributed by atoms with E-state index in [2.05, 4.69) is 259 Å². The van der Waals surface area contributed by atoms with Crippen LogP contribution in [0.15, 0.2) is 255 Å². The summed E-state index contributed by atoms with van der Waals surface area (Å²) in [4.78, 5) is 0. The standard InChI is InChI=1S/C64H47N/c1-5-20-46(21-6-1)55(47-22-7-2-8-23-47)38-35-45-19-17-24-48(41-45)49-25-18-26-50(42-49)51-36-40-63-59(43-51)57-32-14-16-34-62(57)65(63)54-37-39-61-58(44-54)56-31-13-15-33-60(56)64(61,52-27-9-3-10-28-52)53-29-11-4-12-30-53/h1-34,36-37,39-44,55H,35,38H2. The average Bonchev–Trinajstić information content (AvgIpc) is 3.88. The highest BCUT2D eigenvalue weighted by molar-refractivity contribution is 6.10. The molecule has 0 unspecified atom stereocenters. The summed E-state index contributed by atoms with van der Waals surface area (Å²) in [6, 6.07) is 94.3. The van der Waals surface area contributed by atoms with E-state index in [4.69, 9.17) is 0 Å². The molecule has 0 aliphatic heterocycles. The van der Waals surface area contributed by atoms with Crippen LogP contribution in [0.2, 0.25) is 0 Å². The highest BCUT2D eigenvalue weighted by Crippen LogP contribution is 2.56. The van der Waals surface area contributed by atoms with Crippen molar-refractivity contribution >= 4 is 21.8 Å². The van der Waals surface area contributed by atoms with E-state index in [9.17, 15) is 0 Å². The van der Waals surface area contributed by atoms with Gasteiger partial charge in [0.1, 0.15) is 0 Å². The van der Waals surface area contributed by atoms with Crippen LogP contribution in [0, 0.1) is 0 Å². The molecule has 0 amide bonds. The van der Waals surface area contributed by atoms with Crippen LogP contribution in [0.1, 0.15) is 51.3 Å². The fraction of sp³-hybridized carbons (Fsp3) is 0.0625. The number of fused-ring (bicyclic) bond motifs is 6. The Bertz CT molecular complexity index is 3390. The second-order valence-electron chi connectivity index (χ2n) is 17.5. The first kappa shape index (κ1) is 38.7. The Kier molecular flexibility index (Phi) is 9.68. The van der Waals surface area contributed by atoms with Crippen molar-refractivity contribution in [3.63, 3.8) is 0 Å². The Balaban J connectivity index is 0.907. The summed E-state index contributed by atoms with van der Waals surface area (Å²) in [7, 11) is 0. The van der Waals surface area contributed by atoms with Crippen molar-refractivity contribution in [1.29, 1.82) is 0 Å². The van der Waals surface area contributed by atoms with Gasteiger partial charge in [0, 0.05) is 22.4 Å². The van der Waals surface area contributed by atoms with Crippen molar-refractivity contribution in [2.24, 2.45) is 0 Å². The van der Waals surface area contributed by atoms with Crippen LogP contribution in [-0.4, -0.2) is 4.57 Å². The van der Waals surface area contributed by atoms with E-state index in [0.29, 0.717) is 5.92 Å². The molecule has 1 aromatic heterocycles. The summed E-state index contributed by atoms with van der Waals surface area (Å²) in [5.41, 5.74) is 19.9. The molecule has 1 heteroatoms. The van der Waals surface area contributed by atoms with E-state index in [1.54, 1.807) is 0 Å². The number of hydrogen-bond donors (Lipinski definition) is 0. The minimum absolute atomic E-state index is 0.350. The van der Waals surface area contributed by atoms with E-state index in [0.717, 1.165) is 18.5 Å². The molecular weight excluding hydrogens is 783 g/mol. The molecule has 1 heterocycles. The molecule has 0 bridgehead atoms. The first-order chi connectivity index (χ1) is 32.2. The van der Waals surface area contributed by atoms with Crippen molar-refractivity contribution < 1.29 is 0 Å². The fourth-order valence-electron chi connectivity index (χ4n) is 11.0. The number of para-hydroxylation sites is 1. The van der Waals surface area contributed by atoms with E-state index in [1.807, 2.05) is 0 Å². The molecule has 0 N–H and O–H groups in total. The van der Waals surface area contributed by atoms with Gasteiger partial charge in [-0.3, -0.25) is 0 Å². The van der Waals surface area contributed by atoms with Crippen LogP contribution >= 0.6 is 0 Å². The Morgan fingerprint density at radius 3 is 1.58 bits per heavy atom. The van der Waals surface area contributed by atoms with Crippen LogP contribution in [0.25, 0.3) is 60.9 Å². The van der Waals surface area contributed by atoms with Crippen molar-refractivity contribution in [3.05, 3.63) is 294 Å². The quantitative estimate of drug-likeness (QED) is 0.129. The average molecular weight is 830 g/mol.